The van der Waals surface area contributed by atoms with Gasteiger partial charge in [-0.1, -0.05) is 23.7 Å². The fourth-order valence-electron chi connectivity index (χ4n) is 2.55. The molecule has 22 heavy (non-hydrogen) atoms. The van der Waals surface area contributed by atoms with Crippen LogP contribution in [0.3, 0.4) is 0 Å². The number of alkyl halides is 1. The lowest BCUT2D eigenvalue weighted by molar-refractivity contribution is 0.0479. The summed E-state index contributed by atoms with van der Waals surface area (Å²) in [6.07, 6.45) is 3.11. The van der Waals surface area contributed by atoms with Crippen molar-refractivity contribution in [1.82, 2.24) is 9.97 Å². The molecular weight excluding hydrogens is 309 g/mol. The average molecular weight is 322 g/mol. The predicted molar refractivity (Wildman–Crippen MR) is 79.9 cm³/mol. The average Bonchev–Trinajstić information content (AvgIpc) is 2.46. The van der Waals surface area contributed by atoms with Crippen LogP contribution in [0.15, 0.2) is 36.7 Å². The molecule has 0 bridgehead atoms. The minimum atomic E-state index is -1.39. The van der Waals surface area contributed by atoms with Gasteiger partial charge in [-0.3, -0.25) is 0 Å². The van der Waals surface area contributed by atoms with Gasteiger partial charge in [0.25, 0.3) is 0 Å². The van der Waals surface area contributed by atoms with Crippen LogP contribution in [0.5, 0.6) is 0 Å². The van der Waals surface area contributed by atoms with E-state index < -0.39 is 11.6 Å². The van der Waals surface area contributed by atoms with E-state index in [1.54, 1.807) is 24.3 Å². The van der Waals surface area contributed by atoms with E-state index in [4.69, 9.17) is 16.7 Å². The van der Waals surface area contributed by atoms with Gasteiger partial charge in [-0.2, -0.15) is 0 Å². The first-order chi connectivity index (χ1) is 10.5. The van der Waals surface area contributed by atoms with Gasteiger partial charge >= 0.3 is 5.97 Å². The molecule has 7 heteroatoms. The number of carboxylic acids is 1. The molecule has 5 nitrogen and oxygen atoms in total. The Morgan fingerprint density at radius 1 is 1.36 bits per heavy atom. The molecule has 0 aliphatic heterocycles. The molecule has 114 valence electrons. The molecule has 1 aromatic heterocycles. The SMILES string of the molecule is O=C(O)c1cnc(NC2CC(F)(c3cccc(Cl)c3)C2)cn1. The second kappa shape index (κ2) is 5.53. The highest BCUT2D eigenvalue weighted by Gasteiger charge is 2.46. The number of nitrogens with one attached hydrogen (secondary N) is 1. The Bertz CT molecular complexity index is 702. The topological polar surface area (TPSA) is 75.1 Å². The number of aromatic carboxylic acids is 1. The Kier molecular flexibility index (Phi) is 3.70. The summed E-state index contributed by atoms with van der Waals surface area (Å²) in [6, 6.07) is 6.73. The summed E-state index contributed by atoms with van der Waals surface area (Å²) in [5.41, 5.74) is -0.944. The number of hydrogen-bond acceptors (Lipinski definition) is 4. The van der Waals surface area contributed by atoms with Crippen molar-refractivity contribution in [2.24, 2.45) is 0 Å². The summed E-state index contributed by atoms with van der Waals surface area (Å²) in [5, 5.41) is 12.3. The fraction of sp³-hybridized carbons (Fsp3) is 0.267. The molecule has 0 atom stereocenters. The van der Waals surface area contributed by atoms with Crippen molar-refractivity contribution < 1.29 is 14.3 Å². The maximum atomic E-state index is 14.7. The Labute approximate surface area is 131 Å². The molecule has 0 unspecified atom stereocenters. The maximum absolute atomic E-state index is 14.7. The van der Waals surface area contributed by atoms with Gasteiger partial charge in [-0.15, -0.1) is 0 Å². The monoisotopic (exact) mass is 321 g/mol. The second-order valence-corrected chi connectivity index (χ2v) is 5.75. The van der Waals surface area contributed by atoms with E-state index in [2.05, 4.69) is 15.3 Å². The third-order valence-electron chi connectivity index (χ3n) is 3.70. The van der Waals surface area contributed by atoms with Crippen LogP contribution in [0.25, 0.3) is 0 Å². The largest absolute Gasteiger partial charge is 0.476 e. The summed E-state index contributed by atoms with van der Waals surface area (Å²) in [4.78, 5) is 18.4. The van der Waals surface area contributed by atoms with E-state index in [0.717, 1.165) is 0 Å². The van der Waals surface area contributed by atoms with E-state index >= 15 is 0 Å². The molecule has 1 aromatic carbocycles. The van der Waals surface area contributed by atoms with Gasteiger partial charge in [0.1, 0.15) is 11.5 Å². The molecule has 1 aliphatic carbocycles. The molecule has 2 aromatic rings. The quantitative estimate of drug-likeness (QED) is 0.904. The third kappa shape index (κ3) is 2.87. The Morgan fingerprint density at radius 2 is 2.14 bits per heavy atom. The standard InChI is InChI=1S/C15H13ClFN3O2/c16-10-3-1-2-9(4-10)15(17)5-11(6-15)20-13-8-18-12(7-19-13)14(21)22/h1-4,7-8,11H,5-6H2,(H,19,20)(H,21,22). The van der Waals surface area contributed by atoms with Crippen molar-refractivity contribution in [2.75, 3.05) is 5.32 Å². The molecule has 3 rings (SSSR count). The number of hydrogen-bond donors (Lipinski definition) is 2. The van der Waals surface area contributed by atoms with Crippen LogP contribution in [-0.4, -0.2) is 27.1 Å². The molecule has 0 radical (unpaired) electrons. The first-order valence-corrected chi connectivity index (χ1v) is 7.11. The van der Waals surface area contributed by atoms with Crippen molar-refractivity contribution in [3.05, 3.63) is 52.9 Å². The van der Waals surface area contributed by atoms with Crippen LogP contribution in [-0.2, 0) is 5.67 Å². The van der Waals surface area contributed by atoms with Crippen molar-refractivity contribution in [2.45, 2.75) is 24.6 Å². The smallest absolute Gasteiger partial charge is 0.356 e. The summed E-state index contributed by atoms with van der Waals surface area (Å²) >= 11 is 5.89. The highest BCUT2D eigenvalue weighted by atomic mass is 35.5. The summed E-state index contributed by atoms with van der Waals surface area (Å²) < 4.78 is 14.7. The Morgan fingerprint density at radius 3 is 2.73 bits per heavy atom. The lowest BCUT2D eigenvalue weighted by atomic mass is 9.73. The number of halogens is 2. The zero-order valence-electron chi connectivity index (χ0n) is 11.5. The molecule has 0 amide bonds. The van der Waals surface area contributed by atoms with E-state index in [-0.39, 0.29) is 11.7 Å². The van der Waals surface area contributed by atoms with E-state index in [9.17, 15) is 9.18 Å². The van der Waals surface area contributed by atoms with Crippen LogP contribution in [0, 0.1) is 0 Å². The normalized spacial score (nSPS) is 23.6. The summed E-state index contributed by atoms with van der Waals surface area (Å²) in [6.45, 7) is 0. The maximum Gasteiger partial charge on any atom is 0.356 e. The van der Waals surface area contributed by atoms with Crippen molar-refractivity contribution in [3.8, 4) is 0 Å². The van der Waals surface area contributed by atoms with Crippen molar-refractivity contribution in [3.63, 3.8) is 0 Å². The predicted octanol–water partition coefficient (Wildman–Crippen LogP) is 3.27. The molecule has 0 spiro atoms. The second-order valence-electron chi connectivity index (χ2n) is 5.32. The number of rotatable bonds is 4. The number of carboxylic acid groups (broad SMARTS) is 1. The first-order valence-electron chi connectivity index (χ1n) is 6.73. The molecule has 1 saturated carbocycles. The third-order valence-corrected chi connectivity index (χ3v) is 3.94. The molecule has 1 fully saturated rings. The van der Waals surface area contributed by atoms with Gasteiger partial charge in [0.15, 0.2) is 5.69 Å². The molecule has 0 saturated heterocycles. The highest BCUT2D eigenvalue weighted by molar-refractivity contribution is 6.30. The van der Waals surface area contributed by atoms with E-state index in [0.29, 0.717) is 29.2 Å². The van der Waals surface area contributed by atoms with Crippen LogP contribution in [0.4, 0.5) is 10.2 Å². The number of carbonyl (C=O) groups is 1. The van der Waals surface area contributed by atoms with Crippen molar-refractivity contribution in [1.29, 1.82) is 0 Å². The number of nitrogens with zero attached hydrogens (tertiary/aromatic N) is 2. The first kappa shape index (κ1) is 14.7. The molecular formula is C15H13ClFN3O2. The van der Waals surface area contributed by atoms with Crippen LogP contribution in [0.2, 0.25) is 5.02 Å². The van der Waals surface area contributed by atoms with Gasteiger partial charge in [0.2, 0.25) is 0 Å². The summed E-state index contributed by atoms with van der Waals surface area (Å²) in [7, 11) is 0. The minimum Gasteiger partial charge on any atom is -0.476 e. The van der Waals surface area contributed by atoms with Crippen molar-refractivity contribution >= 4 is 23.4 Å². The molecule has 2 N–H and O–H groups in total. The van der Waals surface area contributed by atoms with Crippen LogP contribution >= 0.6 is 11.6 Å². The number of benzene rings is 1. The van der Waals surface area contributed by atoms with Gasteiger partial charge in [-0.05, 0) is 17.7 Å². The summed E-state index contributed by atoms with van der Waals surface area (Å²) in [5.74, 6) is -0.699. The van der Waals surface area contributed by atoms with Crippen LogP contribution < -0.4 is 5.32 Å². The molecule has 1 heterocycles. The van der Waals surface area contributed by atoms with Crippen LogP contribution in [0.1, 0.15) is 28.9 Å². The number of anilines is 1. The van der Waals surface area contributed by atoms with Gasteiger partial charge in [-0.25, -0.2) is 19.2 Å². The van der Waals surface area contributed by atoms with Gasteiger partial charge < -0.3 is 10.4 Å². The van der Waals surface area contributed by atoms with Gasteiger partial charge in [0, 0.05) is 23.9 Å². The van der Waals surface area contributed by atoms with E-state index in [1.165, 1.54) is 12.4 Å². The Balaban J connectivity index is 1.62. The van der Waals surface area contributed by atoms with Gasteiger partial charge in [0.05, 0.1) is 12.4 Å². The zero-order valence-corrected chi connectivity index (χ0v) is 12.2. The fourth-order valence-corrected chi connectivity index (χ4v) is 2.74. The van der Waals surface area contributed by atoms with E-state index in [1.807, 2.05) is 0 Å². The minimum absolute atomic E-state index is 0.0750. The highest BCUT2D eigenvalue weighted by Crippen LogP contribution is 2.46. The number of aromatic nitrogens is 2. The zero-order chi connectivity index (χ0) is 15.7. The lowest BCUT2D eigenvalue weighted by Gasteiger charge is -2.42. The lowest BCUT2D eigenvalue weighted by Crippen LogP contribution is -2.45. The Hall–Kier alpha value is -2.21. The molecule has 1 aliphatic rings.